The number of nitrogens with two attached hydrogens (primary N) is 1. The second kappa shape index (κ2) is 4.29. The second-order valence-electron chi connectivity index (χ2n) is 3.84. The van der Waals surface area contributed by atoms with Crippen LogP contribution in [-0.2, 0) is 0 Å². The van der Waals surface area contributed by atoms with E-state index in [4.69, 9.17) is 5.73 Å². The Hall–Kier alpha value is -1.59. The minimum Gasteiger partial charge on any atom is -0.378 e. The zero-order valence-electron chi connectivity index (χ0n) is 9.17. The number of hydrogen-bond acceptors (Lipinski definition) is 4. The summed E-state index contributed by atoms with van der Waals surface area (Å²) in [7, 11) is 0. The van der Waals surface area contributed by atoms with Gasteiger partial charge in [0.15, 0.2) is 0 Å². The normalized spacial score (nSPS) is 13.1. The lowest BCUT2D eigenvalue weighted by Crippen LogP contribution is -2.17. The molecule has 2 N–H and O–H groups in total. The molecule has 0 bridgehead atoms. The quantitative estimate of drug-likeness (QED) is 0.610. The fourth-order valence-corrected chi connectivity index (χ4v) is 1.69. The Morgan fingerprint density at radius 3 is 2.60 bits per heavy atom. The highest BCUT2D eigenvalue weighted by atomic mass is 16.6. The average Bonchev–Trinajstić information content (AvgIpc) is 2.49. The molecule has 1 aromatic rings. The molecule has 1 rings (SSSR count). The summed E-state index contributed by atoms with van der Waals surface area (Å²) in [6.07, 6.45) is 2.06. The van der Waals surface area contributed by atoms with Crippen LogP contribution in [-0.4, -0.2) is 14.7 Å². The van der Waals surface area contributed by atoms with Gasteiger partial charge in [0.2, 0.25) is 5.82 Å². The number of nitrogen functional groups attached to an aromatic ring is 1. The van der Waals surface area contributed by atoms with Gasteiger partial charge in [-0.15, -0.1) is 0 Å². The van der Waals surface area contributed by atoms with Crippen molar-refractivity contribution in [2.75, 3.05) is 5.73 Å². The van der Waals surface area contributed by atoms with Crippen LogP contribution in [0.5, 0.6) is 0 Å². The molecule has 0 spiro atoms. The molecule has 1 unspecified atom stereocenters. The van der Waals surface area contributed by atoms with Crippen LogP contribution in [0.15, 0.2) is 6.20 Å². The van der Waals surface area contributed by atoms with Gasteiger partial charge in [0, 0.05) is 0 Å². The molecule has 0 fully saturated rings. The highest BCUT2D eigenvalue weighted by molar-refractivity contribution is 5.51. The van der Waals surface area contributed by atoms with E-state index in [-0.39, 0.29) is 17.5 Å². The van der Waals surface area contributed by atoms with Crippen molar-refractivity contribution in [1.29, 1.82) is 0 Å². The molecule has 0 amide bonds. The third kappa shape index (κ3) is 2.08. The van der Waals surface area contributed by atoms with Gasteiger partial charge < -0.3 is 5.73 Å². The topological polar surface area (TPSA) is 87.0 Å². The lowest BCUT2D eigenvalue weighted by atomic mass is 10.0. The van der Waals surface area contributed by atoms with Crippen molar-refractivity contribution in [1.82, 2.24) is 9.78 Å². The van der Waals surface area contributed by atoms with Gasteiger partial charge in [-0.05, 0) is 12.3 Å². The summed E-state index contributed by atoms with van der Waals surface area (Å²) in [5, 5.41) is 14.6. The lowest BCUT2D eigenvalue weighted by molar-refractivity contribution is -0.384. The summed E-state index contributed by atoms with van der Waals surface area (Å²) < 4.78 is 1.54. The van der Waals surface area contributed by atoms with Crippen LogP contribution in [0.3, 0.4) is 0 Å². The van der Waals surface area contributed by atoms with E-state index in [9.17, 15) is 10.1 Å². The first-order valence-electron chi connectivity index (χ1n) is 4.96. The van der Waals surface area contributed by atoms with Crippen LogP contribution < -0.4 is 5.73 Å². The van der Waals surface area contributed by atoms with Crippen LogP contribution >= 0.6 is 0 Å². The summed E-state index contributed by atoms with van der Waals surface area (Å²) in [6.45, 7) is 6.10. The predicted molar refractivity (Wildman–Crippen MR) is 57.5 cm³/mol. The fraction of sp³-hybridized carbons (Fsp3) is 0.667. The van der Waals surface area contributed by atoms with E-state index in [0.29, 0.717) is 5.92 Å². The Morgan fingerprint density at radius 1 is 1.67 bits per heavy atom. The highest BCUT2D eigenvalue weighted by Crippen LogP contribution is 2.28. The zero-order valence-corrected chi connectivity index (χ0v) is 9.17. The standard InChI is InChI=1S/C9H16N4O2/c1-4-7(6(2)3)12-9(10)8(5-11-12)13(14)15/h5-7H,4,10H2,1-3H3. The van der Waals surface area contributed by atoms with Crippen molar-refractivity contribution >= 4 is 11.5 Å². The van der Waals surface area contributed by atoms with Crippen LogP contribution in [0.2, 0.25) is 0 Å². The van der Waals surface area contributed by atoms with Crippen molar-refractivity contribution < 1.29 is 4.92 Å². The van der Waals surface area contributed by atoms with Crippen molar-refractivity contribution in [3.8, 4) is 0 Å². The molecule has 0 saturated heterocycles. The minimum absolute atomic E-state index is 0.110. The largest absolute Gasteiger partial charge is 0.378 e. The van der Waals surface area contributed by atoms with E-state index in [0.717, 1.165) is 6.42 Å². The summed E-state index contributed by atoms with van der Waals surface area (Å²) in [5.41, 5.74) is 5.56. The van der Waals surface area contributed by atoms with Crippen LogP contribution in [0.25, 0.3) is 0 Å². The third-order valence-electron chi connectivity index (χ3n) is 2.51. The van der Waals surface area contributed by atoms with Crippen LogP contribution in [0.1, 0.15) is 33.2 Å². The molecule has 1 heterocycles. The Labute approximate surface area is 88.2 Å². The maximum atomic E-state index is 10.6. The first kappa shape index (κ1) is 11.5. The van der Waals surface area contributed by atoms with E-state index in [1.54, 1.807) is 4.68 Å². The summed E-state index contributed by atoms with van der Waals surface area (Å²) in [4.78, 5) is 10.1. The van der Waals surface area contributed by atoms with Crippen LogP contribution in [0, 0.1) is 16.0 Å². The third-order valence-corrected chi connectivity index (χ3v) is 2.51. The van der Waals surface area contributed by atoms with Gasteiger partial charge in [0.05, 0.1) is 11.0 Å². The zero-order chi connectivity index (χ0) is 11.6. The molecule has 6 nitrogen and oxygen atoms in total. The number of aromatic nitrogens is 2. The molecule has 1 atom stereocenters. The molecule has 0 aliphatic heterocycles. The molecule has 0 aromatic carbocycles. The first-order chi connectivity index (χ1) is 6.99. The Bertz CT molecular complexity index is 359. The molecule has 0 aliphatic rings. The SMILES string of the molecule is CCC(C(C)C)n1ncc([N+](=O)[O-])c1N. The number of anilines is 1. The van der Waals surface area contributed by atoms with Gasteiger partial charge in [-0.3, -0.25) is 10.1 Å². The maximum Gasteiger partial charge on any atom is 0.330 e. The van der Waals surface area contributed by atoms with Gasteiger partial charge in [0.1, 0.15) is 6.20 Å². The molecule has 1 aromatic heterocycles. The van der Waals surface area contributed by atoms with E-state index < -0.39 is 4.92 Å². The van der Waals surface area contributed by atoms with Crippen LogP contribution in [0.4, 0.5) is 11.5 Å². The fourth-order valence-electron chi connectivity index (χ4n) is 1.69. The number of rotatable bonds is 4. The molecule has 15 heavy (non-hydrogen) atoms. The maximum absolute atomic E-state index is 10.6. The van der Waals surface area contributed by atoms with Gasteiger partial charge in [-0.1, -0.05) is 20.8 Å². The van der Waals surface area contributed by atoms with Crippen molar-refractivity contribution in [3.05, 3.63) is 16.3 Å². The van der Waals surface area contributed by atoms with Crippen molar-refractivity contribution in [2.45, 2.75) is 33.2 Å². The van der Waals surface area contributed by atoms with E-state index in [1.165, 1.54) is 6.20 Å². The molecule has 84 valence electrons. The smallest absolute Gasteiger partial charge is 0.330 e. The van der Waals surface area contributed by atoms with E-state index in [1.807, 2.05) is 20.8 Å². The molecule has 0 radical (unpaired) electrons. The van der Waals surface area contributed by atoms with Crippen molar-refractivity contribution in [3.63, 3.8) is 0 Å². The second-order valence-corrected chi connectivity index (χ2v) is 3.84. The number of hydrogen-bond donors (Lipinski definition) is 1. The molecular formula is C9H16N4O2. The number of nitrogens with zero attached hydrogens (tertiary/aromatic N) is 3. The molecular weight excluding hydrogens is 196 g/mol. The average molecular weight is 212 g/mol. The first-order valence-corrected chi connectivity index (χ1v) is 4.96. The molecule has 0 saturated carbocycles. The van der Waals surface area contributed by atoms with E-state index >= 15 is 0 Å². The Morgan fingerprint density at radius 2 is 2.27 bits per heavy atom. The summed E-state index contributed by atoms with van der Waals surface area (Å²) >= 11 is 0. The van der Waals surface area contributed by atoms with Gasteiger partial charge >= 0.3 is 5.69 Å². The predicted octanol–water partition coefficient (Wildman–Crippen LogP) is 1.98. The number of nitro groups is 1. The lowest BCUT2D eigenvalue weighted by Gasteiger charge is -2.20. The van der Waals surface area contributed by atoms with E-state index in [2.05, 4.69) is 5.10 Å². The summed E-state index contributed by atoms with van der Waals surface area (Å²) in [5.74, 6) is 0.484. The van der Waals surface area contributed by atoms with Gasteiger partial charge in [-0.2, -0.15) is 5.10 Å². The summed E-state index contributed by atoms with van der Waals surface area (Å²) in [6, 6.07) is 0.110. The molecule has 6 heteroatoms. The molecule has 0 aliphatic carbocycles. The monoisotopic (exact) mass is 212 g/mol. The van der Waals surface area contributed by atoms with Gasteiger partial charge in [-0.25, -0.2) is 4.68 Å². The van der Waals surface area contributed by atoms with Gasteiger partial charge in [0.25, 0.3) is 0 Å². The van der Waals surface area contributed by atoms with Crippen molar-refractivity contribution in [2.24, 2.45) is 5.92 Å². The Kier molecular flexibility index (Phi) is 3.28. The highest BCUT2D eigenvalue weighted by Gasteiger charge is 2.23. The minimum atomic E-state index is -0.508. The Balaban J connectivity index is 3.09.